The summed E-state index contributed by atoms with van der Waals surface area (Å²) in [6, 6.07) is 19.1. The molecule has 3 aromatic carbocycles. The van der Waals surface area contributed by atoms with Crippen LogP contribution in [-0.2, 0) is 17.3 Å². The van der Waals surface area contributed by atoms with Gasteiger partial charge in [-0.3, -0.25) is 9.59 Å². The van der Waals surface area contributed by atoms with Gasteiger partial charge < -0.3 is 10.2 Å². The van der Waals surface area contributed by atoms with E-state index in [1.54, 1.807) is 59.5 Å². The molecule has 1 N–H and O–H groups in total. The molecule has 0 radical (unpaired) electrons. The number of halogens is 1. The second-order valence-corrected chi connectivity index (χ2v) is 9.07. The Hall–Kier alpha value is -2.96. The molecule has 1 aliphatic rings. The maximum absolute atomic E-state index is 13.5. The monoisotopic (exact) mass is 452 g/mol. The van der Waals surface area contributed by atoms with Crippen molar-refractivity contribution in [1.29, 1.82) is 0 Å². The lowest BCUT2D eigenvalue weighted by molar-refractivity contribution is 0.0950. The number of hydrogen-bond acceptors (Lipinski definition) is 3. The molecule has 0 saturated heterocycles. The van der Waals surface area contributed by atoms with Crippen molar-refractivity contribution in [2.24, 2.45) is 0 Å². The number of nitrogens with zero attached hydrogens (tertiary/aromatic N) is 1. The second kappa shape index (κ2) is 9.04. The van der Waals surface area contributed by atoms with Gasteiger partial charge in [0.05, 0.1) is 38.4 Å². The Balaban J connectivity index is 1.84. The molecule has 0 fully saturated rings. The first-order chi connectivity index (χ1) is 15.0. The molecule has 0 aromatic heterocycles. The van der Waals surface area contributed by atoms with Gasteiger partial charge in [0.25, 0.3) is 11.8 Å². The molecule has 1 aliphatic heterocycles. The van der Waals surface area contributed by atoms with E-state index in [2.05, 4.69) is 5.32 Å². The molecule has 31 heavy (non-hydrogen) atoms. The zero-order chi connectivity index (χ0) is 22.0. The van der Waals surface area contributed by atoms with Gasteiger partial charge >= 0.3 is 0 Å². The summed E-state index contributed by atoms with van der Waals surface area (Å²) in [6.45, 7) is 2.79. The summed E-state index contributed by atoms with van der Waals surface area (Å²) in [5.41, 5.74) is 2.15. The summed E-state index contributed by atoms with van der Waals surface area (Å²) in [5.74, 6) is -0.486. The van der Waals surface area contributed by atoms with Crippen molar-refractivity contribution in [2.45, 2.75) is 29.7 Å². The van der Waals surface area contributed by atoms with Crippen LogP contribution in [0, 0.1) is 0 Å². The summed E-state index contributed by atoms with van der Waals surface area (Å²) < 4.78 is 13.4. The lowest BCUT2D eigenvalue weighted by Crippen LogP contribution is -2.31. The van der Waals surface area contributed by atoms with E-state index in [0.717, 1.165) is 12.0 Å². The van der Waals surface area contributed by atoms with Crippen molar-refractivity contribution in [3.63, 3.8) is 0 Å². The quantitative estimate of drug-likeness (QED) is 0.604. The van der Waals surface area contributed by atoms with Crippen LogP contribution in [-0.4, -0.2) is 22.6 Å². The van der Waals surface area contributed by atoms with E-state index < -0.39 is 10.8 Å². The highest BCUT2D eigenvalue weighted by Crippen LogP contribution is 2.36. The van der Waals surface area contributed by atoms with Gasteiger partial charge in [-0.2, -0.15) is 0 Å². The van der Waals surface area contributed by atoms with E-state index in [-0.39, 0.29) is 18.4 Å². The minimum atomic E-state index is -1.55. The number of rotatable bonds is 5. The Labute approximate surface area is 188 Å². The highest BCUT2D eigenvalue weighted by atomic mass is 35.5. The zero-order valence-electron chi connectivity index (χ0n) is 16.9. The van der Waals surface area contributed by atoms with E-state index in [9.17, 15) is 13.8 Å². The summed E-state index contributed by atoms with van der Waals surface area (Å²) in [4.78, 5) is 28.6. The normalized spacial score (nSPS) is 15.1. The number of anilines is 1. The first kappa shape index (κ1) is 21.3. The van der Waals surface area contributed by atoms with E-state index in [1.807, 2.05) is 19.1 Å². The summed E-state index contributed by atoms with van der Waals surface area (Å²) in [5, 5.41) is 3.45. The van der Waals surface area contributed by atoms with E-state index in [1.165, 1.54) is 0 Å². The van der Waals surface area contributed by atoms with Gasteiger partial charge in [-0.15, -0.1) is 0 Å². The Morgan fingerprint density at radius 1 is 1.03 bits per heavy atom. The maximum Gasteiger partial charge on any atom is 0.259 e. The van der Waals surface area contributed by atoms with Crippen LogP contribution in [0.15, 0.2) is 76.5 Å². The minimum Gasteiger partial charge on any atom is -0.352 e. The van der Waals surface area contributed by atoms with Crippen molar-refractivity contribution in [3.8, 4) is 0 Å². The van der Waals surface area contributed by atoms with Gasteiger partial charge in [-0.05, 0) is 54.4 Å². The fourth-order valence-electron chi connectivity index (χ4n) is 3.47. The largest absolute Gasteiger partial charge is 0.352 e. The number of fused-ring (bicyclic) bond motifs is 2. The third kappa shape index (κ3) is 4.27. The Morgan fingerprint density at radius 2 is 1.77 bits per heavy atom. The lowest BCUT2D eigenvalue weighted by Gasteiger charge is -2.23. The number of amides is 2. The van der Waals surface area contributed by atoms with Gasteiger partial charge in [0.2, 0.25) is 0 Å². The van der Waals surface area contributed by atoms with Crippen molar-refractivity contribution in [3.05, 3.63) is 88.4 Å². The van der Waals surface area contributed by atoms with Gasteiger partial charge in [-0.1, -0.05) is 42.8 Å². The van der Waals surface area contributed by atoms with Crippen molar-refractivity contribution < 1.29 is 13.8 Å². The molecule has 4 rings (SSSR count). The standard InChI is InChI=1S/C24H21ClN2O3S/c1-2-13-26-23(28)17-9-12-22-20(14-17)27(15-16-7-10-18(25)11-8-16)24(29)19-5-3-4-6-21(19)31(22)30/h3-12,14H,2,13,15H2,1H3,(H,26,28)/t31-/m0/s1. The Kier molecular flexibility index (Phi) is 6.20. The van der Waals surface area contributed by atoms with Crippen LogP contribution in [0.3, 0.4) is 0 Å². The molecule has 3 aromatic rings. The molecule has 0 aliphatic carbocycles. The molecule has 2 amide bonds. The first-order valence-corrected chi connectivity index (χ1v) is 11.5. The Bertz CT molecular complexity index is 1180. The number of benzene rings is 3. The number of carbonyl (C=O) groups is 2. The number of hydrogen-bond donors (Lipinski definition) is 1. The van der Waals surface area contributed by atoms with Crippen LogP contribution in [0.4, 0.5) is 5.69 Å². The summed E-state index contributed by atoms with van der Waals surface area (Å²) >= 11 is 6.01. The molecule has 0 spiro atoms. The second-order valence-electron chi connectivity index (χ2n) is 7.22. The van der Waals surface area contributed by atoms with Gasteiger partial charge in [0.15, 0.2) is 0 Å². The van der Waals surface area contributed by atoms with Crippen LogP contribution in [0.5, 0.6) is 0 Å². The zero-order valence-corrected chi connectivity index (χ0v) is 18.5. The third-order valence-corrected chi connectivity index (χ3v) is 6.82. The number of nitrogens with one attached hydrogen (secondary N) is 1. The molecule has 0 bridgehead atoms. The molecule has 7 heteroatoms. The molecule has 1 atom stereocenters. The predicted molar refractivity (Wildman–Crippen MR) is 122 cm³/mol. The van der Waals surface area contributed by atoms with E-state index >= 15 is 0 Å². The molecule has 0 saturated carbocycles. The van der Waals surface area contributed by atoms with Gasteiger partial charge in [-0.25, -0.2) is 4.21 Å². The fraction of sp³-hybridized carbons (Fsp3) is 0.167. The predicted octanol–water partition coefficient (Wildman–Crippen LogP) is 4.81. The average Bonchev–Trinajstić information content (AvgIpc) is 2.88. The van der Waals surface area contributed by atoms with Gasteiger partial charge in [0.1, 0.15) is 0 Å². The number of carbonyl (C=O) groups excluding carboxylic acids is 2. The molecular formula is C24H21ClN2O3S. The lowest BCUT2D eigenvalue weighted by atomic mass is 10.1. The van der Waals surface area contributed by atoms with Crippen molar-refractivity contribution in [1.82, 2.24) is 5.32 Å². The van der Waals surface area contributed by atoms with Gasteiger partial charge in [0, 0.05) is 17.1 Å². The molecule has 0 unspecified atom stereocenters. The van der Waals surface area contributed by atoms with Crippen molar-refractivity contribution >= 4 is 39.9 Å². The summed E-state index contributed by atoms with van der Waals surface area (Å²) in [6.07, 6.45) is 0.817. The highest BCUT2D eigenvalue weighted by molar-refractivity contribution is 7.85. The van der Waals surface area contributed by atoms with Crippen LogP contribution in [0.1, 0.15) is 39.6 Å². The van der Waals surface area contributed by atoms with Crippen molar-refractivity contribution in [2.75, 3.05) is 11.4 Å². The molecule has 5 nitrogen and oxygen atoms in total. The molecule has 158 valence electrons. The smallest absolute Gasteiger partial charge is 0.259 e. The fourth-order valence-corrected chi connectivity index (χ4v) is 4.95. The van der Waals surface area contributed by atoms with Crippen LogP contribution < -0.4 is 10.2 Å². The van der Waals surface area contributed by atoms with E-state index in [0.29, 0.717) is 38.2 Å². The highest BCUT2D eigenvalue weighted by Gasteiger charge is 2.31. The first-order valence-electron chi connectivity index (χ1n) is 9.99. The SMILES string of the molecule is CCCNC(=O)c1ccc2c(c1)N(Cc1ccc(Cl)cc1)C(=O)c1ccccc1[S@@]2=O. The van der Waals surface area contributed by atoms with Crippen LogP contribution in [0.25, 0.3) is 0 Å². The summed E-state index contributed by atoms with van der Waals surface area (Å²) in [7, 11) is -1.55. The third-order valence-electron chi connectivity index (χ3n) is 5.06. The van der Waals surface area contributed by atoms with Crippen LogP contribution in [0.2, 0.25) is 5.02 Å². The van der Waals surface area contributed by atoms with Crippen LogP contribution >= 0.6 is 11.6 Å². The molecular weight excluding hydrogens is 432 g/mol. The minimum absolute atomic E-state index is 0.226. The molecule has 1 heterocycles. The van der Waals surface area contributed by atoms with E-state index in [4.69, 9.17) is 11.6 Å². The maximum atomic E-state index is 13.5. The average molecular weight is 453 g/mol. The topological polar surface area (TPSA) is 66.5 Å². The Morgan fingerprint density at radius 3 is 2.52 bits per heavy atom.